The number of allylic oxidation sites excluding steroid dienone is 1. The zero-order valence-corrected chi connectivity index (χ0v) is 19.3. The monoisotopic (exact) mass is 409 g/mol. The van der Waals surface area contributed by atoms with Crippen LogP contribution in [-0.4, -0.2) is 52.1 Å². The van der Waals surface area contributed by atoms with Gasteiger partial charge in [0.1, 0.15) is 6.10 Å². The molecule has 7 nitrogen and oxygen atoms in total. The van der Waals surface area contributed by atoms with Crippen LogP contribution >= 0.6 is 0 Å². The molecule has 0 aliphatic heterocycles. The van der Waals surface area contributed by atoms with Crippen LogP contribution in [0.1, 0.15) is 74.7 Å². The standard InChI is InChI=1S/C22H39N3O4/c1-10-12-16-13-14-17(29-19(28)25(11-2)21(7,8)9)22(16,23-15(3)26)18(27)24-20(4,5)6/h10,16-17H,1,11-14H2,2-9H3,(H,23,26)(H,24,27)/t16?,17?,22-/m0/s1. The summed E-state index contributed by atoms with van der Waals surface area (Å²) in [7, 11) is 0. The van der Waals surface area contributed by atoms with E-state index in [1.54, 1.807) is 11.0 Å². The highest BCUT2D eigenvalue weighted by Crippen LogP contribution is 2.41. The molecule has 1 rings (SSSR count). The van der Waals surface area contributed by atoms with Crippen molar-refractivity contribution in [1.29, 1.82) is 0 Å². The number of hydrogen-bond donors (Lipinski definition) is 2. The van der Waals surface area contributed by atoms with Crippen molar-refractivity contribution >= 4 is 17.9 Å². The first-order valence-corrected chi connectivity index (χ1v) is 10.4. The van der Waals surface area contributed by atoms with E-state index in [1.165, 1.54) is 6.92 Å². The molecule has 0 bridgehead atoms. The lowest BCUT2D eigenvalue weighted by molar-refractivity contribution is -0.140. The molecular formula is C22H39N3O4. The first kappa shape index (κ1) is 25.0. The van der Waals surface area contributed by atoms with E-state index in [4.69, 9.17) is 4.74 Å². The fourth-order valence-corrected chi connectivity index (χ4v) is 4.10. The lowest BCUT2D eigenvalue weighted by Gasteiger charge is -2.42. The van der Waals surface area contributed by atoms with Crippen molar-refractivity contribution in [2.24, 2.45) is 5.92 Å². The van der Waals surface area contributed by atoms with Crippen molar-refractivity contribution in [3.63, 3.8) is 0 Å². The summed E-state index contributed by atoms with van der Waals surface area (Å²) in [5.74, 6) is -0.885. The van der Waals surface area contributed by atoms with E-state index >= 15 is 0 Å². The summed E-state index contributed by atoms with van der Waals surface area (Å²) in [6.45, 7) is 19.0. The highest BCUT2D eigenvalue weighted by Gasteiger charge is 2.58. The summed E-state index contributed by atoms with van der Waals surface area (Å²) >= 11 is 0. The Labute approximate surface area is 175 Å². The van der Waals surface area contributed by atoms with E-state index in [9.17, 15) is 14.4 Å². The van der Waals surface area contributed by atoms with Crippen molar-refractivity contribution in [3.8, 4) is 0 Å². The van der Waals surface area contributed by atoms with E-state index < -0.39 is 28.8 Å². The normalized spacial score (nSPS) is 24.6. The highest BCUT2D eigenvalue weighted by atomic mass is 16.6. The van der Waals surface area contributed by atoms with Crippen molar-refractivity contribution in [2.75, 3.05) is 6.54 Å². The van der Waals surface area contributed by atoms with Gasteiger partial charge >= 0.3 is 6.09 Å². The van der Waals surface area contributed by atoms with Gasteiger partial charge in [-0.3, -0.25) is 9.59 Å². The summed E-state index contributed by atoms with van der Waals surface area (Å²) in [5.41, 5.74) is -2.26. The average Bonchev–Trinajstić information content (AvgIpc) is 2.83. The predicted molar refractivity (Wildman–Crippen MR) is 114 cm³/mol. The molecule has 0 aromatic carbocycles. The summed E-state index contributed by atoms with van der Waals surface area (Å²) in [6, 6.07) is 0. The number of ether oxygens (including phenoxy) is 1. The quantitative estimate of drug-likeness (QED) is 0.658. The minimum atomic E-state index is -1.33. The summed E-state index contributed by atoms with van der Waals surface area (Å²) in [6.07, 6.45) is 2.16. The van der Waals surface area contributed by atoms with Crippen LogP contribution < -0.4 is 10.6 Å². The molecule has 3 atom stereocenters. The maximum absolute atomic E-state index is 13.5. The third kappa shape index (κ3) is 5.97. The lowest BCUT2D eigenvalue weighted by atomic mass is 9.81. The molecule has 3 amide bonds. The molecule has 1 aliphatic carbocycles. The third-order valence-corrected chi connectivity index (χ3v) is 5.22. The Kier molecular flexibility index (Phi) is 7.91. The fourth-order valence-electron chi connectivity index (χ4n) is 4.10. The van der Waals surface area contributed by atoms with Crippen LogP contribution in [0.4, 0.5) is 4.79 Å². The predicted octanol–water partition coefficient (Wildman–Crippen LogP) is 3.39. The van der Waals surface area contributed by atoms with Crippen LogP contribution in [0.3, 0.4) is 0 Å². The van der Waals surface area contributed by atoms with Gasteiger partial charge in [0.2, 0.25) is 11.8 Å². The largest absolute Gasteiger partial charge is 0.443 e. The average molecular weight is 410 g/mol. The number of rotatable bonds is 6. The van der Waals surface area contributed by atoms with Crippen LogP contribution in [-0.2, 0) is 14.3 Å². The molecule has 1 fully saturated rings. The smallest absolute Gasteiger partial charge is 0.410 e. The van der Waals surface area contributed by atoms with Gasteiger partial charge in [-0.15, -0.1) is 6.58 Å². The zero-order valence-electron chi connectivity index (χ0n) is 19.3. The molecule has 2 N–H and O–H groups in total. The van der Waals surface area contributed by atoms with Crippen molar-refractivity contribution in [1.82, 2.24) is 15.5 Å². The van der Waals surface area contributed by atoms with Gasteiger partial charge in [0.15, 0.2) is 5.54 Å². The molecular weight excluding hydrogens is 370 g/mol. The van der Waals surface area contributed by atoms with Gasteiger partial charge in [0.05, 0.1) is 0 Å². The minimum absolute atomic E-state index is 0.214. The van der Waals surface area contributed by atoms with Gasteiger partial charge in [-0.05, 0) is 73.6 Å². The third-order valence-electron chi connectivity index (χ3n) is 5.22. The Hall–Kier alpha value is -2.05. The molecule has 7 heteroatoms. The molecule has 0 radical (unpaired) electrons. The van der Waals surface area contributed by atoms with E-state index in [-0.39, 0.29) is 17.7 Å². The molecule has 1 saturated carbocycles. The molecule has 166 valence electrons. The van der Waals surface area contributed by atoms with E-state index in [2.05, 4.69) is 17.2 Å². The Morgan fingerprint density at radius 2 is 1.76 bits per heavy atom. The molecule has 2 unspecified atom stereocenters. The number of carbonyl (C=O) groups is 3. The molecule has 0 spiro atoms. The van der Waals surface area contributed by atoms with Crippen molar-refractivity contribution < 1.29 is 19.1 Å². The summed E-state index contributed by atoms with van der Waals surface area (Å²) < 4.78 is 5.90. The van der Waals surface area contributed by atoms with Gasteiger partial charge in [0, 0.05) is 24.5 Å². The maximum Gasteiger partial charge on any atom is 0.410 e. The Balaban J connectivity index is 3.37. The first-order valence-electron chi connectivity index (χ1n) is 10.4. The number of nitrogens with one attached hydrogen (secondary N) is 2. The van der Waals surface area contributed by atoms with Gasteiger partial charge in [-0.1, -0.05) is 6.08 Å². The number of amides is 3. The number of hydrogen-bond acceptors (Lipinski definition) is 4. The van der Waals surface area contributed by atoms with Crippen molar-refractivity contribution in [3.05, 3.63) is 12.7 Å². The second-order valence-corrected chi connectivity index (χ2v) is 9.84. The molecule has 29 heavy (non-hydrogen) atoms. The second kappa shape index (κ2) is 9.18. The van der Waals surface area contributed by atoms with E-state index in [0.717, 1.165) is 0 Å². The summed E-state index contributed by atoms with van der Waals surface area (Å²) in [4.78, 5) is 40.2. The van der Waals surface area contributed by atoms with Crippen LogP contribution in [0.25, 0.3) is 0 Å². The molecule has 0 heterocycles. The Morgan fingerprint density at radius 3 is 2.17 bits per heavy atom. The number of nitrogens with zero attached hydrogens (tertiary/aromatic N) is 1. The van der Waals surface area contributed by atoms with Gasteiger partial charge in [-0.2, -0.15) is 0 Å². The van der Waals surface area contributed by atoms with Gasteiger partial charge in [0.25, 0.3) is 0 Å². The maximum atomic E-state index is 13.5. The van der Waals surface area contributed by atoms with Crippen LogP contribution in [0.2, 0.25) is 0 Å². The van der Waals surface area contributed by atoms with Gasteiger partial charge in [-0.25, -0.2) is 4.79 Å². The Morgan fingerprint density at radius 1 is 1.17 bits per heavy atom. The minimum Gasteiger partial charge on any atom is -0.443 e. The second-order valence-electron chi connectivity index (χ2n) is 9.84. The molecule has 1 aliphatic rings. The topological polar surface area (TPSA) is 87.7 Å². The SMILES string of the molecule is C=CCC1CCC(OC(=O)N(CC)C(C)(C)C)[C@]1(NC(C)=O)C(=O)NC(C)(C)C. The van der Waals surface area contributed by atoms with Gasteiger partial charge < -0.3 is 20.3 Å². The van der Waals surface area contributed by atoms with Crippen molar-refractivity contribution in [2.45, 2.75) is 97.4 Å². The lowest BCUT2D eigenvalue weighted by Crippen LogP contribution is -2.69. The van der Waals surface area contributed by atoms with E-state index in [1.807, 2.05) is 48.5 Å². The highest BCUT2D eigenvalue weighted by molar-refractivity contribution is 5.93. The summed E-state index contributed by atoms with van der Waals surface area (Å²) in [5, 5.41) is 5.85. The fraction of sp³-hybridized carbons (Fsp3) is 0.773. The Bertz CT molecular complexity index is 633. The van der Waals surface area contributed by atoms with Crippen LogP contribution in [0.5, 0.6) is 0 Å². The number of carbonyl (C=O) groups excluding carboxylic acids is 3. The molecule has 0 saturated heterocycles. The van der Waals surface area contributed by atoms with Crippen LogP contribution in [0, 0.1) is 5.92 Å². The molecule has 0 aromatic rings. The van der Waals surface area contributed by atoms with Crippen LogP contribution in [0.15, 0.2) is 12.7 Å². The molecule has 0 aromatic heterocycles. The van der Waals surface area contributed by atoms with E-state index in [0.29, 0.717) is 25.8 Å². The first-order chi connectivity index (χ1) is 13.2. The zero-order chi connectivity index (χ0) is 22.6.